The molecular formula is C11H18INO2. The molecule has 15 heavy (non-hydrogen) atoms. The fraction of sp³-hybridized carbons (Fsp3) is 0.636. The number of nitrogens with two attached hydrogens (primary N) is 1. The predicted molar refractivity (Wildman–Crippen MR) is 69.8 cm³/mol. The molecule has 0 amide bonds. The minimum Gasteiger partial charge on any atom is -0.501 e. The molecule has 0 saturated heterocycles. The standard InChI is InChI=1S/C11H18INO2/c1-8(13)6-9-4-5-11(12,15-3)7-10(9)14-2/h4-5,8H,6-7,13H2,1-3H3/t8-,11?/m1/s1. The molecule has 86 valence electrons. The Morgan fingerprint density at radius 3 is 2.73 bits per heavy atom. The van der Waals surface area contributed by atoms with Crippen LogP contribution in [-0.2, 0) is 9.47 Å². The van der Waals surface area contributed by atoms with Gasteiger partial charge in [-0.2, -0.15) is 0 Å². The van der Waals surface area contributed by atoms with E-state index in [0.29, 0.717) is 0 Å². The van der Waals surface area contributed by atoms with Gasteiger partial charge in [-0.1, -0.05) is 6.08 Å². The molecule has 2 N–H and O–H groups in total. The van der Waals surface area contributed by atoms with E-state index in [-0.39, 0.29) is 9.65 Å². The SMILES string of the molecule is COC1=C(C[C@@H](C)N)C=CC(I)(OC)C1. The highest BCUT2D eigenvalue weighted by atomic mass is 127. The maximum absolute atomic E-state index is 5.78. The van der Waals surface area contributed by atoms with E-state index in [1.807, 2.05) is 6.92 Å². The number of hydrogen-bond donors (Lipinski definition) is 1. The second-order valence-corrected chi connectivity index (χ2v) is 5.66. The van der Waals surface area contributed by atoms with Gasteiger partial charge in [-0.3, -0.25) is 0 Å². The van der Waals surface area contributed by atoms with Crippen molar-refractivity contribution in [2.75, 3.05) is 14.2 Å². The summed E-state index contributed by atoms with van der Waals surface area (Å²) in [4.78, 5) is 0. The van der Waals surface area contributed by atoms with E-state index in [0.717, 1.165) is 18.6 Å². The summed E-state index contributed by atoms with van der Waals surface area (Å²) in [5.41, 5.74) is 6.96. The molecule has 0 aromatic carbocycles. The van der Waals surface area contributed by atoms with E-state index >= 15 is 0 Å². The molecule has 2 atom stereocenters. The first-order valence-corrected chi connectivity index (χ1v) is 6.03. The Morgan fingerprint density at radius 1 is 1.60 bits per heavy atom. The van der Waals surface area contributed by atoms with E-state index in [4.69, 9.17) is 15.2 Å². The van der Waals surface area contributed by atoms with Crippen LogP contribution in [0.25, 0.3) is 0 Å². The predicted octanol–water partition coefficient (Wildman–Crippen LogP) is 2.36. The summed E-state index contributed by atoms with van der Waals surface area (Å²) < 4.78 is 10.5. The molecule has 0 saturated carbocycles. The molecule has 0 aromatic rings. The van der Waals surface area contributed by atoms with Gasteiger partial charge >= 0.3 is 0 Å². The topological polar surface area (TPSA) is 44.5 Å². The zero-order valence-electron chi connectivity index (χ0n) is 9.42. The van der Waals surface area contributed by atoms with Crippen molar-refractivity contribution in [1.82, 2.24) is 0 Å². The second kappa shape index (κ2) is 5.32. The van der Waals surface area contributed by atoms with Crippen LogP contribution >= 0.6 is 22.6 Å². The molecule has 1 rings (SSSR count). The number of rotatable bonds is 4. The van der Waals surface area contributed by atoms with Crippen LogP contribution in [0.1, 0.15) is 19.8 Å². The highest BCUT2D eigenvalue weighted by Crippen LogP contribution is 2.36. The van der Waals surface area contributed by atoms with Crippen molar-refractivity contribution in [2.24, 2.45) is 5.73 Å². The molecular weight excluding hydrogens is 305 g/mol. The first kappa shape index (κ1) is 13.0. The summed E-state index contributed by atoms with van der Waals surface area (Å²) in [6.45, 7) is 2.00. The van der Waals surface area contributed by atoms with Crippen LogP contribution in [0.4, 0.5) is 0 Å². The van der Waals surface area contributed by atoms with E-state index in [1.54, 1.807) is 14.2 Å². The average Bonchev–Trinajstić information content (AvgIpc) is 2.20. The Kier molecular flexibility index (Phi) is 4.61. The molecule has 1 aliphatic carbocycles. The second-order valence-electron chi connectivity index (χ2n) is 3.83. The van der Waals surface area contributed by atoms with Gasteiger partial charge in [0.05, 0.1) is 7.11 Å². The molecule has 0 bridgehead atoms. The van der Waals surface area contributed by atoms with Crippen LogP contribution in [0, 0.1) is 0 Å². The van der Waals surface area contributed by atoms with Gasteiger partial charge in [-0.05, 0) is 47.6 Å². The smallest absolute Gasteiger partial charge is 0.144 e. The lowest BCUT2D eigenvalue weighted by Crippen LogP contribution is -2.26. The van der Waals surface area contributed by atoms with Crippen LogP contribution in [-0.4, -0.2) is 23.9 Å². The lowest BCUT2D eigenvalue weighted by atomic mass is 9.98. The van der Waals surface area contributed by atoms with Crippen molar-refractivity contribution in [3.63, 3.8) is 0 Å². The number of methoxy groups -OCH3 is 2. The van der Waals surface area contributed by atoms with E-state index in [1.165, 1.54) is 5.57 Å². The van der Waals surface area contributed by atoms with E-state index < -0.39 is 0 Å². The molecule has 3 nitrogen and oxygen atoms in total. The summed E-state index contributed by atoms with van der Waals surface area (Å²) in [5.74, 6) is 0.978. The molecule has 0 radical (unpaired) electrons. The normalized spacial score (nSPS) is 28.1. The Labute approximate surface area is 105 Å². The summed E-state index contributed by atoms with van der Waals surface area (Å²) in [5, 5.41) is 0. The molecule has 1 unspecified atom stereocenters. The number of hydrogen-bond acceptors (Lipinski definition) is 3. The van der Waals surface area contributed by atoms with Gasteiger partial charge in [-0.15, -0.1) is 0 Å². The number of alkyl halides is 1. The first-order chi connectivity index (χ1) is 7.00. The maximum Gasteiger partial charge on any atom is 0.144 e. The highest BCUT2D eigenvalue weighted by molar-refractivity contribution is 14.1. The van der Waals surface area contributed by atoms with Crippen LogP contribution in [0.15, 0.2) is 23.5 Å². The number of allylic oxidation sites excluding steroid dienone is 1. The monoisotopic (exact) mass is 323 g/mol. The van der Waals surface area contributed by atoms with E-state index in [9.17, 15) is 0 Å². The van der Waals surface area contributed by atoms with Crippen LogP contribution < -0.4 is 5.73 Å². The Hall–Kier alpha value is -0.0700. The van der Waals surface area contributed by atoms with Crippen LogP contribution in [0.5, 0.6) is 0 Å². The molecule has 0 aliphatic heterocycles. The van der Waals surface area contributed by atoms with Crippen molar-refractivity contribution in [3.05, 3.63) is 23.5 Å². The zero-order chi connectivity index (χ0) is 11.5. The Balaban J connectivity index is 2.83. The number of ether oxygens (including phenoxy) is 2. The minimum atomic E-state index is -0.273. The minimum absolute atomic E-state index is 0.152. The number of halogens is 1. The summed E-state index contributed by atoms with van der Waals surface area (Å²) in [6, 6.07) is 0.152. The third kappa shape index (κ3) is 3.46. The van der Waals surface area contributed by atoms with Gasteiger partial charge in [-0.25, -0.2) is 0 Å². The lowest BCUT2D eigenvalue weighted by molar-refractivity contribution is 0.106. The van der Waals surface area contributed by atoms with Gasteiger partial charge in [0.15, 0.2) is 0 Å². The average molecular weight is 323 g/mol. The molecule has 0 aromatic heterocycles. The molecule has 1 aliphatic rings. The quantitative estimate of drug-likeness (QED) is 0.638. The third-order valence-electron chi connectivity index (χ3n) is 2.42. The van der Waals surface area contributed by atoms with Crippen molar-refractivity contribution in [3.8, 4) is 0 Å². The first-order valence-electron chi connectivity index (χ1n) is 4.95. The van der Waals surface area contributed by atoms with Crippen molar-refractivity contribution < 1.29 is 9.47 Å². The lowest BCUT2D eigenvalue weighted by Gasteiger charge is -2.28. The Morgan fingerprint density at radius 2 is 2.27 bits per heavy atom. The van der Waals surface area contributed by atoms with Gasteiger partial charge < -0.3 is 15.2 Å². The third-order valence-corrected chi connectivity index (χ3v) is 3.60. The van der Waals surface area contributed by atoms with Crippen molar-refractivity contribution in [2.45, 2.75) is 29.4 Å². The van der Waals surface area contributed by atoms with Gasteiger partial charge in [0.25, 0.3) is 0 Å². The summed E-state index contributed by atoms with van der Waals surface area (Å²) in [6.07, 6.45) is 5.73. The fourth-order valence-electron chi connectivity index (χ4n) is 1.58. The van der Waals surface area contributed by atoms with Gasteiger partial charge in [0.2, 0.25) is 0 Å². The van der Waals surface area contributed by atoms with Crippen LogP contribution in [0.3, 0.4) is 0 Å². The van der Waals surface area contributed by atoms with Crippen LogP contribution in [0.2, 0.25) is 0 Å². The molecule has 0 fully saturated rings. The zero-order valence-corrected chi connectivity index (χ0v) is 11.6. The maximum atomic E-state index is 5.78. The highest BCUT2D eigenvalue weighted by Gasteiger charge is 2.29. The summed E-state index contributed by atoms with van der Waals surface area (Å²) >= 11 is 2.28. The van der Waals surface area contributed by atoms with E-state index in [2.05, 4.69) is 34.7 Å². The molecule has 0 heterocycles. The summed E-state index contributed by atoms with van der Waals surface area (Å²) in [7, 11) is 3.41. The van der Waals surface area contributed by atoms with Crippen molar-refractivity contribution in [1.29, 1.82) is 0 Å². The van der Waals surface area contributed by atoms with Gasteiger partial charge in [0, 0.05) is 19.6 Å². The molecule has 0 spiro atoms. The largest absolute Gasteiger partial charge is 0.501 e. The van der Waals surface area contributed by atoms with Crippen molar-refractivity contribution >= 4 is 22.6 Å². The fourth-order valence-corrected chi connectivity index (χ4v) is 2.11. The van der Waals surface area contributed by atoms with Gasteiger partial charge in [0.1, 0.15) is 9.37 Å². The molecule has 4 heteroatoms. The Bertz CT molecular complexity index is 286.